The molecule has 0 spiro atoms. The van der Waals surface area contributed by atoms with Gasteiger partial charge in [0.05, 0.1) is 12.3 Å². The van der Waals surface area contributed by atoms with Crippen LogP contribution < -0.4 is 0 Å². The molecule has 0 unspecified atom stereocenters. The van der Waals surface area contributed by atoms with Crippen molar-refractivity contribution in [2.75, 3.05) is 26.8 Å². The fourth-order valence-corrected chi connectivity index (χ4v) is 1.60. The van der Waals surface area contributed by atoms with Crippen molar-refractivity contribution in [3.8, 4) is 0 Å². The summed E-state index contributed by atoms with van der Waals surface area (Å²) in [5.41, 5.74) is 0.883. The van der Waals surface area contributed by atoms with E-state index >= 15 is 0 Å². The summed E-state index contributed by atoms with van der Waals surface area (Å²) >= 11 is 0. The van der Waals surface area contributed by atoms with Gasteiger partial charge in [0, 0.05) is 26.3 Å². The Hall–Kier alpha value is -0.910. The molecule has 0 aromatic carbocycles. The van der Waals surface area contributed by atoms with Gasteiger partial charge in [0.25, 0.3) is 0 Å². The topological polar surface area (TPSA) is 58.7 Å². The van der Waals surface area contributed by atoms with Crippen LogP contribution in [0.15, 0.2) is 10.6 Å². The van der Waals surface area contributed by atoms with E-state index in [9.17, 15) is 0 Å². The Morgan fingerprint density at radius 1 is 1.50 bits per heavy atom. The van der Waals surface area contributed by atoms with Crippen LogP contribution in [0.3, 0.4) is 0 Å². The van der Waals surface area contributed by atoms with E-state index in [2.05, 4.69) is 17.0 Å². The number of nitrogens with zero attached hydrogens (tertiary/aromatic N) is 2. The van der Waals surface area contributed by atoms with Crippen molar-refractivity contribution >= 4 is 0 Å². The van der Waals surface area contributed by atoms with Crippen molar-refractivity contribution in [1.29, 1.82) is 0 Å². The van der Waals surface area contributed by atoms with Crippen LogP contribution in [0.25, 0.3) is 0 Å². The van der Waals surface area contributed by atoms with E-state index in [1.165, 1.54) is 0 Å². The summed E-state index contributed by atoms with van der Waals surface area (Å²) in [5, 5.41) is 12.9. The van der Waals surface area contributed by atoms with Gasteiger partial charge < -0.3 is 14.4 Å². The minimum atomic E-state index is 0.169. The summed E-state index contributed by atoms with van der Waals surface area (Å²) < 4.78 is 10.1. The third-order valence-electron chi connectivity index (χ3n) is 2.24. The second-order valence-electron chi connectivity index (χ2n) is 3.72. The molecule has 0 saturated heterocycles. The molecule has 1 aromatic heterocycles. The molecular formula is C11H20N2O3. The quantitative estimate of drug-likeness (QED) is 0.720. The summed E-state index contributed by atoms with van der Waals surface area (Å²) in [6, 6.07) is 1.89. The highest BCUT2D eigenvalue weighted by molar-refractivity contribution is 5.04. The number of methoxy groups -OCH3 is 1. The van der Waals surface area contributed by atoms with Gasteiger partial charge in [-0.05, 0) is 13.0 Å². The average Bonchev–Trinajstić information content (AvgIpc) is 2.67. The minimum absolute atomic E-state index is 0.169. The molecule has 1 rings (SSSR count). The molecule has 1 N–H and O–H groups in total. The third-order valence-corrected chi connectivity index (χ3v) is 2.24. The van der Waals surface area contributed by atoms with Crippen LogP contribution in [-0.4, -0.2) is 42.0 Å². The van der Waals surface area contributed by atoms with Crippen LogP contribution in [0.4, 0.5) is 0 Å². The standard InChI is InChI=1S/C11H20N2O3/c1-3-4-13(5-6-14)8-10-7-11(9-15-2)16-12-10/h7,14H,3-6,8-9H2,1-2H3. The molecule has 5 nitrogen and oxygen atoms in total. The lowest BCUT2D eigenvalue weighted by atomic mass is 10.3. The first-order valence-electron chi connectivity index (χ1n) is 5.56. The molecule has 0 aliphatic carbocycles. The first-order chi connectivity index (χ1) is 7.80. The highest BCUT2D eigenvalue weighted by atomic mass is 16.5. The normalized spacial score (nSPS) is 11.2. The molecule has 16 heavy (non-hydrogen) atoms. The molecule has 0 amide bonds. The molecule has 1 aromatic rings. The van der Waals surface area contributed by atoms with E-state index < -0.39 is 0 Å². The SMILES string of the molecule is CCCN(CCO)Cc1cc(COC)on1. The van der Waals surface area contributed by atoms with E-state index in [0.29, 0.717) is 19.7 Å². The molecule has 5 heteroatoms. The largest absolute Gasteiger partial charge is 0.395 e. The Morgan fingerprint density at radius 3 is 2.94 bits per heavy atom. The summed E-state index contributed by atoms with van der Waals surface area (Å²) in [5.74, 6) is 0.734. The smallest absolute Gasteiger partial charge is 0.162 e. The van der Waals surface area contributed by atoms with Crippen molar-refractivity contribution in [1.82, 2.24) is 10.1 Å². The summed E-state index contributed by atoms with van der Waals surface area (Å²) in [6.07, 6.45) is 1.06. The average molecular weight is 228 g/mol. The summed E-state index contributed by atoms with van der Waals surface area (Å²) in [6.45, 7) is 5.06. The van der Waals surface area contributed by atoms with E-state index in [1.54, 1.807) is 7.11 Å². The Kier molecular flexibility index (Phi) is 6.07. The first-order valence-corrected chi connectivity index (χ1v) is 5.56. The van der Waals surface area contributed by atoms with E-state index in [4.69, 9.17) is 14.4 Å². The Morgan fingerprint density at radius 2 is 2.31 bits per heavy atom. The maximum atomic E-state index is 8.93. The summed E-state index contributed by atoms with van der Waals surface area (Å²) in [4.78, 5) is 2.15. The number of aliphatic hydroxyl groups excluding tert-OH is 1. The molecule has 0 saturated carbocycles. The molecule has 0 radical (unpaired) electrons. The zero-order valence-corrected chi connectivity index (χ0v) is 9.98. The number of aliphatic hydroxyl groups is 1. The van der Waals surface area contributed by atoms with Crippen molar-refractivity contribution in [2.24, 2.45) is 0 Å². The second kappa shape index (κ2) is 7.38. The maximum Gasteiger partial charge on any atom is 0.162 e. The second-order valence-corrected chi connectivity index (χ2v) is 3.72. The molecular weight excluding hydrogens is 208 g/mol. The van der Waals surface area contributed by atoms with Crippen LogP contribution >= 0.6 is 0 Å². The van der Waals surface area contributed by atoms with Crippen LogP contribution in [0.1, 0.15) is 24.8 Å². The molecule has 92 valence electrons. The highest BCUT2D eigenvalue weighted by Gasteiger charge is 2.09. The van der Waals surface area contributed by atoms with Crippen LogP contribution in [-0.2, 0) is 17.9 Å². The fraction of sp³-hybridized carbons (Fsp3) is 0.727. The first kappa shape index (κ1) is 13.2. The number of ether oxygens (including phenoxy) is 1. The molecule has 0 fully saturated rings. The fourth-order valence-electron chi connectivity index (χ4n) is 1.60. The van der Waals surface area contributed by atoms with Gasteiger partial charge in [0.15, 0.2) is 5.76 Å². The monoisotopic (exact) mass is 228 g/mol. The van der Waals surface area contributed by atoms with Gasteiger partial charge in [-0.2, -0.15) is 0 Å². The van der Waals surface area contributed by atoms with Gasteiger partial charge in [-0.15, -0.1) is 0 Å². The Bertz CT molecular complexity index is 283. The van der Waals surface area contributed by atoms with Crippen molar-refractivity contribution < 1.29 is 14.4 Å². The van der Waals surface area contributed by atoms with Crippen molar-refractivity contribution in [3.63, 3.8) is 0 Å². The van der Waals surface area contributed by atoms with Gasteiger partial charge in [-0.3, -0.25) is 4.90 Å². The van der Waals surface area contributed by atoms with Gasteiger partial charge in [0.2, 0.25) is 0 Å². The summed E-state index contributed by atoms with van der Waals surface area (Å²) in [7, 11) is 1.62. The van der Waals surface area contributed by atoms with E-state index in [0.717, 1.165) is 24.4 Å². The predicted molar refractivity (Wildman–Crippen MR) is 59.9 cm³/mol. The van der Waals surface area contributed by atoms with Gasteiger partial charge >= 0.3 is 0 Å². The van der Waals surface area contributed by atoms with E-state index in [-0.39, 0.29) is 6.61 Å². The predicted octanol–water partition coefficient (Wildman–Crippen LogP) is 1.03. The molecule has 0 atom stereocenters. The Labute approximate surface area is 96.0 Å². The lowest BCUT2D eigenvalue weighted by Gasteiger charge is -2.18. The maximum absolute atomic E-state index is 8.93. The molecule has 1 heterocycles. The molecule has 0 aliphatic rings. The lowest BCUT2D eigenvalue weighted by Crippen LogP contribution is -2.27. The Balaban J connectivity index is 2.48. The molecule has 0 bridgehead atoms. The zero-order valence-electron chi connectivity index (χ0n) is 9.98. The van der Waals surface area contributed by atoms with Crippen LogP contribution in [0.5, 0.6) is 0 Å². The van der Waals surface area contributed by atoms with E-state index in [1.807, 2.05) is 6.07 Å². The van der Waals surface area contributed by atoms with Gasteiger partial charge in [0.1, 0.15) is 6.61 Å². The number of aromatic nitrogens is 1. The number of hydrogen-bond donors (Lipinski definition) is 1. The van der Waals surface area contributed by atoms with Crippen molar-refractivity contribution in [3.05, 3.63) is 17.5 Å². The zero-order chi connectivity index (χ0) is 11.8. The highest BCUT2D eigenvalue weighted by Crippen LogP contribution is 2.08. The third kappa shape index (κ3) is 4.30. The van der Waals surface area contributed by atoms with Crippen LogP contribution in [0, 0.1) is 0 Å². The van der Waals surface area contributed by atoms with Gasteiger partial charge in [-0.1, -0.05) is 12.1 Å². The number of hydrogen-bond acceptors (Lipinski definition) is 5. The number of rotatable bonds is 8. The molecule has 0 aliphatic heterocycles. The van der Waals surface area contributed by atoms with Crippen molar-refractivity contribution in [2.45, 2.75) is 26.5 Å². The van der Waals surface area contributed by atoms with Gasteiger partial charge in [-0.25, -0.2) is 0 Å². The minimum Gasteiger partial charge on any atom is -0.395 e. The lowest BCUT2D eigenvalue weighted by molar-refractivity contribution is 0.155. The van der Waals surface area contributed by atoms with Crippen LogP contribution in [0.2, 0.25) is 0 Å².